The number of imidazole rings is 1. The van der Waals surface area contributed by atoms with E-state index in [1.807, 2.05) is 35.7 Å². The molecule has 3 heterocycles. The summed E-state index contributed by atoms with van der Waals surface area (Å²) in [5.74, 6) is 0.321. The molecular weight excluding hydrogens is 376 g/mol. The van der Waals surface area contributed by atoms with Crippen LogP contribution in [0.15, 0.2) is 30.5 Å². The van der Waals surface area contributed by atoms with Gasteiger partial charge in [0.15, 0.2) is 5.15 Å². The number of amides is 1. The summed E-state index contributed by atoms with van der Waals surface area (Å²) in [5, 5.41) is 3.54. The summed E-state index contributed by atoms with van der Waals surface area (Å²) in [7, 11) is 0. The van der Waals surface area contributed by atoms with Crippen molar-refractivity contribution in [2.45, 2.75) is 32.7 Å². The first-order valence-corrected chi connectivity index (χ1v) is 10.4. The second kappa shape index (κ2) is 10.0. The van der Waals surface area contributed by atoms with Crippen molar-refractivity contribution in [3.8, 4) is 0 Å². The molecule has 2 atom stereocenters. The number of piperidine rings is 1. The lowest BCUT2D eigenvalue weighted by atomic mass is 9.93. The summed E-state index contributed by atoms with van der Waals surface area (Å²) < 4.78 is 7.28. The van der Waals surface area contributed by atoms with Crippen molar-refractivity contribution in [2.24, 2.45) is 5.92 Å². The molecule has 152 valence electrons. The topological polar surface area (TPSA) is 58.9 Å². The van der Waals surface area contributed by atoms with Gasteiger partial charge in [-0.1, -0.05) is 24.6 Å². The number of halogens is 1. The Morgan fingerprint density at radius 1 is 1.46 bits per heavy atom. The minimum Gasteiger partial charge on any atom is -0.382 e. The van der Waals surface area contributed by atoms with Gasteiger partial charge >= 0.3 is 0 Å². The third-order valence-electron chi connectivity index (χ3n) is 5.20. The first kappa shape index (κ1) is 20.8. The van der Waals surface area contributed by atoms with Crippen molar-refractivity contribution >= 4 is 29.2 Å². The zero-order valence-electron chi connectivity index (χ0n) is 16.6. The van der Waals surface area contributed by atoms with Gasteiger partial charge in [0.1, 0.15) is 5.65 Å². The van der Waals surface area contributed by atoms with Gasteiger partial charge in [0.2, 0.25) is 5.91 Å². The largest absolute Gasteiger partial charge is 0.382 e. The number of nitrogens with zero attached hydrogens (tertiary/aromatic N) is 3. The first-order valence-electron chi connectivity index (χ1n) is 9.99. The van der Waals surface area contributed by atoms with Crippen LogP contribution in [0, 0.1) is 5.92 Å². The molecule has 0 aliphatic carbocycles. The predicted octanol–water partition coefficient (Wildman–Crippen LogP) is 3.25. The molecule has 0 saturated carbocycles. The third kappa shape index (κ3) is 5.34. The molecule has 2 aromatic heterocycles. The van der Waals surface area contributed by atoms with Gasteiger partial charge in [-0.15, -0.1) is 0 Å². The van der Waals surface area contributed by atoms with Crippen molar-refractivity contribution in [1.29, 1.82) is 0 Å². The monoisotopic (exact) mass is 404 g/mol. The fourth-order valence-electron chi connectivity index (χ4n) is 3.70. The Labute approximate surface area is 171 Å². The number of aromatic nitrogens is 2. The van der Waals surface area contributed by atoms with Crippen LogP contribution >= 0.6 is 11.6 Å². The standard InChI is InChI=1S/C21H29ClN4O2/c1-3-28-14-6-11-25-13-10-17(16(2)15-25)23-20(27)9-8-18-21(22)24-19-7-4-5-12-26(18)19/h4-5,7-9,12,16-17H,3,6,10-11,13-15H2,1-2H3,(H,23,27)/b9-8+. The molecule has 2 aromatic rings. The molecule has 0 radical (unpaired) electrons. The van der Waals surface area contributed by atoms with Gasteiger partial charge in [-0.05, 0) is 43.9 Å². The molecule has 3 rings (SSSR count). The van der Waals surface area contributed by atoms with Crippen LogP contribution in [0.5, 0.6) is 0 Å². The Kier molecular flexibility index (Phi) is 7.48. The van der Waals surface area contributed by atoms with Crippen molar-refractivity contribution in [1.82, 2.24) is 19.6 Å². The molecule has 6 nitrogen and oxygen atoms in total. The van der Waals surface area contributed by atoms with Crippen LogP contribution in [-0.4, -0.2) is 59.1 Å². The van der Waals surface area contributed by atoms with Crippen molar-refractivity contribution in [3.63, 3.8) is 0 Å². The molecule has 2 unspecified atom stereocenters. The highest BCUT2D eigenvalue weighted by molar-refractivity contribution is 6.31. The van der Waals surface area contributed by atoms with Crippen LogP contribution < -0.4 is 5.32 Å². The van der Waals surface area contributed by atoms with Gasteiger partial charge < -0.3 is 15.0 Å². The lowest BCUT2D eigenvalue weighted by Crippen LogP contribution is -2.49. The SMILES string of the molecule is CCOCCCN1CCC(NC(=O)/C=C/c2c(Cl)nc3ccccn23)C(C)C1. The van der Waals surface area contributed by atoms with Crippen LogP contribution in [0.25, 0.3) is 11.7 Å². The Morgan fingerprint density at radius 2 is 2.32 bits per heavy atom. The van der Waals surface area contributed by atoms with Crippen LogP contribution in [0.1, 0.15) is 32.4 Å². The summed E-state index contributed by atoms with van der Waals surface area (Å²) in [6, 6.07) is 5.89. The number of rotatable bonds is 8. The Balaban J connectivity index is 1.51. The fourth-order valence-corrected chi connectivity index (χ4v) is 3.95. The van der Waals surface area contributed by atoms with E-state index in [1.54, 1.807) is 12.2 Å². The summed E-state index contributed by atoms with van der Waals surface area (Å²) in [5.41, 5.74) is 1.47. The smallest absolute Gasteiger partial charge is 0.244 e. The average Bonchev–Trinajstić information content (AvgIpc) is 3.00. The number of pyridine rings is 1. The molecule has 0 aromatic carbocycles. The van der Waals surface area contributed by atoms with Gasteiger partial charge in [0, 0.05) is 51.2 Å². The third-order valence-corrected chi connectivity index (χ3v) is 5.48. The highest BCUT2D eigenvalue weighted by Gasteiger charge is 2.26. The highest BCUT2D eigenvalue weighted by Crippen LogP contribution is 2.20. The van der Waals surface area contributed by atoms with Crippen molar-refractivity contribution in [3.05, 3.63) is 41.3 Å². The zero-order chi connectivity index (χ0) is 19.9. The quantitative estimate of drug-likeness (QED) is 0.542. The molecule has 28 heavy (non-hydrogen) atoms. The summed E-state index contributed by atoms with van der Waals surface area (Å²) >= 11 is 6.21. The number of ether oxygens (including phenoxy) is 1. The van der Waals surface area contributed by atoms with Gasteiger partial charge in [-0.25, -0.2) is 4.98 Å². The van der Waals surface area contributed by atoms with Crippen LogP contribution in [-0.2, 0) is 9.53 Å². The number of fused-ring (bicyclic) bond motifs is 1. The van der Waals surface area contributed by atoms with Crippen LogP contribution in [0.4, 0.5) is 0 Å². The Bertz CT molecular complexity index is 820. The number of hydrogen-bond acceptors (Lipinski definition) is 4. The molecule has 0 bridgehead atoms. The van der Waals surface area contributed by atoms with E-state index in [9.17, 15) is 4.79 Å². The van der Waals surface area contributed by atoms with E-state index in [2.05, 4.69) is 22.1 Å². The van der Waals surface area contributed by atoms with Crippen molar-refractivity contribution in [2.75, 3.05) is 32.8 Å². The second-order valence-electron chi connectivity index (χ2n) is 7.28. The van der Waals surface area contributed by atoms with E-state index in [-0.39, 0.29) is 11.9 Å². The van der Waals surface area contributed by atoms with Crippen LogP contribution in [0.2, 0.25) is 5.15 Å². The Hall–Kier alpha value is -1.89. The summed E-state index contributed by atoms with van der Waals surface area (Å²) in [6.07, 6.45) is 7.18. The molecular formula is C21H29ClN4O2. The molecule has 0 spiro atoms. The summed E-state index contributed by atoms with van der Waals surface area (Å²) in [4.78, 5) is 19.2. The van der Waals surface area contributed by atoms with E-state index in [4.69, 9.17) is 16.3 Å². The minimum atomic E-state index is -0.0939. The van der Waals surface area contributed by atoms with Gasteiger partial charge in [0.05, 0.1) is 5.69 Å². The minimum absolute atomic E-state index is 0.0939. The van der Waals surface area contributed by atoms with Gasteiger partial charge in [-0.2, -0.15) is 0 Å². The normalized spacial score (nSPS) is 20.8. The molecule has 1 N–H and O–H groups in total. The fraction of sp³-hybridized carbons (Fsp3) is 0.524. The van der Waals surface area contributed by atoms with E-state index in [0.29, 0.717) is 16.8 Å². The zero-order valence-corrected chi connectivity index (χ0v) is 17.4. The number of likely N-dealkylation sites (tertiary alicyclic amines) is 1. The molecule has 1 aliphatic heterocycles. The Morgan fingerprint density at radius 3 is 3.11 bits per heavy atom. The van der Waals surface area contributed by atoms with E-state index in [1.165, 1.54) is 0 Å². The van der Waals surface area contributed by atoms with Gasteiger partial charge in [-0.3, -0.25) is 9.20 Å². The second-order valence-corrected chi connectivity index (χ2v) is 7.64. The van der Waals surface area contributed by atoms with E-state index < -0.39 is 0 Å². The maximum atomic E-state index is 12.4. The molecule has 1 fully saturated rings. The predicted molar refractivity (Wildman–Crippen MR) is 112 cm³/mol. The molecule has 1 amide bonds. The lowest BCUT2D eigenvalue weighted by molar-refractivity contribution is -0.117. The number of hydrogen-bond donors (Lipinski definition) is 1. The number of carbonyl (C=O) groups excluding carboxylic acids is 1. The number of carbonyl (C=O) groups is 1. The number of nitrogens with one attached hydrogen (secondary N) is 1. The maximum Gasteiger partial charge on any atom is 0.244 e. The molecule has 1 saturated heterocycles. The first-order chi connectivity index (χ1) is 13.6. The van der Waals surface area contributed by atoms with Crippen LogP contribution in [0.3, 0.4) is 0 Å². The van der Waals surface area contributed by atoms with Gasteiger partial charge in [0.25, 0.3) is 0 Å². The van der Waals surface area contributed by atoms with E-state index >= 15 is 0 Å². The maximum absolute atomic E-state index is 12.4. The molecule has 1 aliphatic rings. The highest BCUT2D eigenvalue weighted by atomic mass is 35.5. The molecule has 7 heteroatoms. The van der Waals surface area contributed by atoms with E-state index in [0.717, 1.165) is 51.3 Å². The average molecular weight is 405 g/mol. The van der Waals surface area contributed by atoms with Crippen molar-refractivity contribution < 1.29 is 9.53 Å². The lowest BCUT2D eigenvalue weighted by Gasteiger charge is -2.37. The summed E-state index contributed by atoms with van der Waals surface area (Å²) in [6.45, 7) is 8.87.